The van der Waals surface area contributed by atoms with Crippen molar-refractivity contribution in [3.05, 3.63) is 37.7 Å². The number of thiophene rings is 1. The van der Waals surface area contributed by atoms with Gasteiger partial charge in [0.05, 0.1) is 21.9 Å². The number of nitrogens with two attached hydrogens (primary N) is 1. The third-order valence-corrected chi connectivity index (χ3v) is 5.80. The zero-order valence-corrected chi connectivity index (χ0v) is 14.5. The molecule has 0 aliphatic carbocycles. The van der Waals surface area contributed by atoms with Crippen LogP contribution in [0.25, 0.3) is 0 Å². The lowest BCUT2D eigenvalue weighted by molar-refractivity contribution is 0.522. The number of nitrogens with one attached hydrogen (secondary N) is 1. The Balaban J connectivity index is 2.26. The summed E-state index contributed by atoms with van der Waals surface area (Å²) in [6.07, 6.45) is 1.90. The maximum atomic E-state index is 5.76. The lowest BCUT2D eigenvalue weighted by atomic mass is 10.1. The van der Waals surface area contributed by atoms with Gasteiger partial charge >= 0.3 is 0 Å². The number of hydrazine groups is 1. The molecule has 20 heavy (non-hydrogen) atoms. The number of hydrogen-bond donors (Lipinski definition) is 2. The molecule has 1 unspecified atom stereocenters. The van der Waals surface area contributed by atoms with Crippen molar-refractivity contribution < 1.29 is 0 Å². The number of aromatic nitrogens is 2. The Morgan fingerprint density at radius 3 is 2.75 bits per heavy atom. The van der Waals surface area contributed by atoms with Crippen molar-refractivity contribution in [3.8, 4) is 0 Å². The Morgan fingerprint density at radius 1 is 1.45 bits per heavy atom. The molecule has 0 aromatic carbocycles. The van der Waals surface area contributed by atoms with Crippen LogP contribution in [0.5, 0.6) is 0 Å². The van der Waals surface area contributed by atoms with E-state index in [1.165, 1.54) is 15.4 Å². The monoisotopic (exact) mass is 356 g/mol. The molecule has 6 heteroatoms. The van der Waals surface area contributed by atoms with Crippen LogP contribution in [0, 0.1) is 6.92 Å². The van der Waals surface area contributed by atoms with E-state index in [1.807, 2.05) is 22.9 Å². The maximum absolute atomic E-state index is 5.76. The molecular formula is C14H21BrN4S. The summed E-state index contributed by atoms with van der Waals surface area (Å²) in [5, 5.41) is 4.54. The van der Waals surface area contributed by atoms with Gasteiger partial charge in [0, 0.05) is 22.7 Å². The van der Waals surface area contributed by atoms with Gasteiger partial charge in [-0.15, -0.1) is 11.3 Å². The number of halogens is 1. The Kier molecular flexibility index (Phi) is 5.37. The van der Waals surface area contributed by atoms with Crippen LogP contribution in [0.1, 0.15) is 41.0 Å². The second-order valence-electron chi connectivity index (χ2n) is 4.74. The van der Waals surface area contributed by atoms with E-state index in [0.717, 1.165) is 29.6 Å². The van der Waals surface area contributed by atoms with Gasteiger partial charge in [-0.3, -0.25) is 16.0 Å². The van der Waals surface area contributed by atoms with Crippen LogP contribution in [0.4, 0.5) is 0 Å². The smallest absolute Gasteiger partial charge is 0.0738 e. The predicted molar refractivity (Wildman–Crippen MR) is 87.8 cm³/mol. The average Bonchev–Trinajstić information content (AvgIpc) is 3.03. The molecule has 0 spiro atoms. The van der Waals surface area contributed by atoms with Crippen LogP contribution in [0.15, 0.2) is 16.6 Å². The lowest BCUT2D eigenvalue weighted by Gasteiger charge is -2.15. The van der Waals surface area contributed by atoms with E-state index >= 15 is 0 Å². The lowest BCUT2D eigenvalue weighted by Crippen LogP contribution is -2.29. The summed E-state index contributed by atoms with van der Waals surface area (Å²) in [7, 11) is 0. The number of rotatable bonds is 6. The van der Waals surface area contributed by atoms with Gasteiger partial charge in [-0.1, -0.05) is 6.92 Å². The fourth-order valence-corrected chi connectivity index (χ4v) is 3.73. The van der Waals surface area contributed by atoms with Gasteiger partial charge < -0.3 is 0 Å². The van der Waals surface area contributed by atoms with Crippen molar-refractivity contribution >= 4 is 27.3 Å². The molecule has 0 aliphatic rings. The Morgan fingerprint density at radius 2 is 2.20 bits per heavy atom. The highest BCUT2D eigenvalue weighted by atomic mass is 79.9. The topological polar surface area (TPSA) is 55.9 Å². The van der Waals surface area contributed by atoms with Crippen molar-refractivity contribution in [2.24, 2.45) is 5.84 Å². The molecule has 0 radical (unpaired) electrons. The minimum absolute atomic E-state index is 0.123. The van der Waals surface area contributed by atoms with Crippen LogP contribution < -0.4 is 11.3 Å². The summed E-state index contributed by atoms with van der Waals surface area (Å²) in [4.78, 5) is 2.66. The summed E-state index contributed by atoms with van der Waals surface area (Å²) < 4.78 is 3.13. The first-order valence-corrected chi connectivity index (χ1v) is 8.48. The van der Waals surface area contributed by atoms with E-state index in [-0.39, 0.29) is 6.04 Å². The Labute approximate surface area is 132 Å². The largest absolute Gasteiger partial charge is 0.271 e. The normalized spacial score (nSPS) is 12.8. The highest BCUT2D eigenvalue weighted by molar-refractivity contribution is 9.10. The van der Waals surface area contributed by atoms with E-state index < -0.39 is 0 Å². The fraction of sp³-hybridized carbons (Fsp3) is 0.500. The first-order chi connectivity index (χ1) is 9.60. The van der Waals surface area contributed by atoms with Gasteiger partial charge in [-0.25, -0.2) is 0 Å². The molecule has 0 saturated carbocycles. The molecule has 0 fully saturated rings. The highest BCUT2D eigenvalue weighted by Crippen LogP contribution is 2.29. The summed E-state index contributed by atoms with van der Waals surface area (Å²) in [6, 6.07) is 4.47. The summed E-state index contributed by atoms with van der Waals surface area (Å²) in [5.41, 5.74) is 5.16. The molecule has 4 nitrogen and oxygen atoms in total. The van der Waals surface area contributed by atoms with Crippen LogP contribution in [0.3, 0.4) is 0 Å². The van der Waals surface area contributed by atoms with Crippen molar-refractivity contribution in [1.29, 1.82) is 0 Å². The first kappa shape index (κ1) is 15.7. The molecule has 2 aromatic rings. The van der Waals surface area contributed by atoms with Crippen LogP contribution in [0.2, 0.25) is 0 Å². The third kappa shape index (κ3) is 3.14. The summed E-state index contributed by atoms with van der Waals surface area (Å²) >= 11 is 5.47. The predicted octanol–water partition coefficient (Wildman–Crippen LogP) is 3.34. The first-order valence-electron chi connectivity index (χ1n) is 6.87. The van der Waals surface area contributed by atoms with E-state index in [1.54, 1.807) is 0 Å². The van der Waals surface area contributed by atoms with E-state index in [0.29, 0.717) is 0 Å². The second-order valence-corrected chi connectivity index (χ2v) is 6.74. The molecule has 2 heterocycles. The van der Waals surface area contributed by atoms with Gasteiger partial charge in [0.25, 0.3) is 0 Å². The van der Waals surface area contributed by atoms with E-state index in [4.69, 9.17) is 5.84 Å². The average molecular weight is 357 g/mol. The van der Waals surface area contributed by atoms with E-state index in [9.17, 15) is 0 Å². The van der Waals surface area contributed by atoms with Gasteiger partial charge in [0.2, 0.25) is 0 Å². The quantitative estimate of drug-likeness (QED) is 0.616. The third-order valence-electron chi connectivity index (χ3n) is 3.43. The minimum Gasteiger partial charge on any atom is -0.271 e. The summed E-state index contributed by atoms with van der Waals surface area (Å²) in [5.74, 6) is 5.76. The van der Waals surface area contributed by atoms with Gasteiger partial charge in [0.15, 0.2) is 0 Å². The van der Waals surface area contributed by atoms with Gasteiger partial charge in [0.1, 0.15) is 0 Å². The molecule has 2 aromatic heterocycles. The minimum atomic E-state index is 0.123. The van der Waals surface area contributed by atoms with Crippen molar-refractivity contribution in [2.45, 2.75) is 46.2 Å². The van der Waals surface area contributed by atoms with Crippen molar-refractivity contribution in [1.82, 2.24) is 15.2 Å². The van der Waals surface area contributed by atoms with Crippen LogP contribution in [-0.2, 0) is 19.4 Å². The van der Waals surface area contributed by atoms with Crippen molar-refractivity contribution in [2.75, 3.05) is 0 Å². The molecule has 3 N–H and O–H groups in total. The molecule has 0 aliphatic heterocycles. The standard InChI is InChI=1S/C14H21BrN4S/c1-4-10-6-7-13(20-10)11(17-16)8-12-14(15)9(3)18-19(12)5-2/h6-7,11,17H,4-5,8,16H2,1-3H3. The second kappa shape index (κ2) is 6.85. The molecule has 0 saturated heterocycles. The molecule has 0 amide bonds. The molecule has 0 bridgehead atoms. The summed E-state index contributed by atoms with van der Waals surface area (Å²) in [6.45, 7) is 7.16. The number of nitrogens with zero attached hydrogens (tertiary/aromatic N) is 2. The highest BCUT2D eigenvalue weighted by Gasteiger charge is 2.19. The Bertz CT molecular complexity index is 576. The number of hydrogen-bond acceptors (Lipinski definition) is 4. The Hall–Kier alpha value is -0.690. The maximum Gasteiger partial charge on any atom is 0.0738 e. The van der Waals surface area contributed by atoms with Crippen molar-refractivity contribution in [3.63, 3.8) is 0 Å². The van der Waals surface area contributed by atoms with E-state index in [2.05, 4.69) is 52.4 Å². The SMILES string of the molecule is CCc1ccc(C(Cc2c(Br)c(C)nn2CC)NN)s1. The molecular weight excluding hydrogens is 336 g/mol. The molecule has 110 valence electrons. The zero-order valence-electron chi connectivity index (χ0n) is 12.1. The number of aryl methyl sites for hydroxylation is 3. The fourth-order valence-electron chi connectivity index (χ4n) is 2.27. The molecule has 2 rings (SSSR count). The van der Waals surface area contributed by atoms with Gasteiger partial charge in [-0.2, -0.15) is 5.10 Å². The van der Waals surface area contributed by atoms with Crippen LogP contribution >= 0.6 is 27.3 Å². The van der Waals surface area contributed by atoms with Gasteiger partial charge in [-0.05, 0) is 48.3 Å². The zero-order chi connectivity index (χ0) is 14.7. The van der Waals surface area contributed by atoms with Crippen LogP contribution in [-0.4, -0.2) is 9.78 Å². The molecule has 1 atom stereocenters.